The van der Waals surface area contributed by atoms with Gasteiger partial charge in [0.15, 0.2) is 0 Å². The highest BCUT2D eigenvalue weighted by Gasteiger charge is 2.40. The van der Waals surface area contributed by atoms with Crippen molar-refractivity contribution in [2.24, 2.45) is 5.92 Å². The van der Waals surface area contributed by atoms with Crippen LogP contribution in [-0.2, 0) is 19.1 Å². The molecule has 0 fully saturated rings. The average Bonchev–Trinajstić information content (AvgIpc) is 2.63. The molecule has 4 atom stereocenters. The molecule has 0 aromatic rings. The van der Waals surface area contributed by atoms with Crippen LogP contribution in [0, 0.1) is 5.92 Å². The van der Waals surface area contributed by atoms with Gasteiger partial charge in [-0.3, -0.25) is 9.59 Å². The molecule has 7 nitrogen and oxygen atoms in total. The quantitative estimate of drug-likeness (QED) is 0.639. The van der Waals surface area contributed by atoms with Crippen LogP contribution in [0.1, 0.15) is 32.6 Å². The summed E-state index contributed by atoms with van der Waals surface area (Å²) in [7, 11) is 0. The predicted molar refractivity (Wildman–Crippen MR) is 96.8 cm³/mol. The minimum absolute atomic E-state index is 0.00487. The average molecular weight is 415 g/mol. The number of halogens is 3. The maximum atomic E-state index is 12.9. The summed E-state index contributed by atoms with van der Waals surface area (Å²) in [6.45, 7) is 2.32. The largest absolute Gasteiger partial charge is 0.572 e. The van der Waals surface area contributed by atoms with Crippen molar-refractivity contribution < 1.29 is 32.2 Å². The molecule has 2 amide bonds. The molecule has 0 aromatic carbocycles. The third-order valence-electron chi connectivity index (χ3n) is 5.07. The summed E-state index contributed by atoms with van der Waals surface area (Å²) < 4.78 is 48.1. The van der Waals surface area contributed by atoms with Crippen LogP contribution < -0.4 is 16.0 Å². The second-order valence-corrected chi connectivity index (χ2v) is 7.27. The van der Waals surface area contributed by atoms with Gasteiger partial charge in [0.05, 0.1) is 18.1 Å². The van der Waals surface area contributed by atoms with Crippen LogP contribution in [0.2, 0.25) is 0 Å². The van der Waals surface area contributed by atoms with E-state index in [0.717, 1.165) is 0 Å². The number of allylic oxidation sites excluding steroid dienone is 1. The summed E-state index contributed by atoms with van der Waals surface area (Å²) in [5.74, 6) is -1.99. The van der Waals surface area contributed by atoms with Crippen molar-refractivity contribution in [3.8, 4) is 0 Å². The zero-order valence-corrected chi connectivity index (χ0v) is 15.9. The number of rotatable bonds is 5. The molecule has 0 saturated heterocycles. The van der Waals surface area contributed by atoms with Gasteiger partial charge in [0, 0.05) is 37.2 Å². The number of ether oxygens (including phenoxy) is 2. The van der Waals surface area contributed by atoms with Crippen molar-refractivity contribution in [2.75, 3.05) is 6.54 Å². The van der Waals surface area contributed by atoms with Crippen LogP contribution in [0.25, 0.3) is 0 Å². The van der Waals surface area contributed by atoms with Crippen molar-refractivity contribution in [1.82, 2.24) is 16.0 Å². The highest BCUT2D eigenvalue weighted by atomic mass is 19.4. The Balaban J connectivity index is 1.73. The SMILES string of the molecule is CC1NC=CCC1OC1CC=C(OC(F)(F)F)CC1C(=O)NC1=CC(=O)NCC1. The molecule has 10 heteroatoms. The van der Waals surface area contributed by atoms with Crippen LogP contribution >= 0.6 is 0 Å². The molecule has 1 aliphatic carbocycles. The topological polar surface area (TPSA) is 88.7 Å². The minimum atomic E-state index is -4.82. The lowest BCUT2D eigenvalue weighted by atomic mass is 9.88. The van der Waals surface area contributed by atoms with Gasteiger partial charge >= 0.3 is 6.36 Å². The number of alkyl halides is 3. The Bertz CT molecular complexity index is 733. The third-order valence-corrected chi connectivity index (χ3v) is 5.07. The second kappa shape index (κ2) is 8.89. The van der Waals surface area contributed by atoms with Gasteiger partial charge in [-0.15, -0.1) is 13.2 Å². The van der Waals surface area contributed by atoms with Gasteiger partial charge in [-0.25, -0.2) is 0 Å². The van der Waals surface area contributed by atoms with E-state index >= 15 is 0 Å². The maximum Gasteiger partial charge on any atom is 0.572 e. The number of nitrogens with one attached hydrogen (secondary N) is 3. The summed E-state index contributed by atoms with van der Waals surface area (Å²) in [4.78, 5) is 24.3. The van der Waals surface area contributed by atoms with Crippen LogP contribution in [0.3, 0.4) is 0 Å². The molecule has 0 saturated carbocycles. The molecule has 0 radical (unpaired) electrons. The molecule has 29 heavy (non-hydrogen) atoms. The molecule has 160 valence electrons. The molecule has 2 heterocycles. The van der Waals surface area contributed by atoms with Gasteiger partial charge in [0.25, 0.3) is 0 Å². The summed E-state index contributed by atoms with van der Waals surface area (Å²) in [6.07, 6.45) is 1.66. The van der Waals surface area contributed by atoms with Gasteiger partial charge < -0.3 is 25.4 Å². The highest BCUT2D eigenvalue weighted by Crippen LogP contribution is 2.33. The van der Waals surface area contributed by atoms with Crippen molar-refractivity contribution >= 4 is 11.8 Å². The zero-order valence-electron chi connectivity index (χ0n) is 15.9. The van der Waals surface area contributed by atoms with E-state index in [0.29, 0.717) is 25.1 Å². The summed E-state index contributed by atoms with van der Waals surface area (Å²) in [6, 6.07) is 0.00487. The molecule has 4 unspecified atom stereocenters. The molecular formula is C19H24F3N3O4. The first kappa shape index (κ1) is 21.2. The number of hydrogen-bond acceptors (Lipinski definition) is 5. The third kappa shape index (κ3) is 5.99. The van der Waals surface area contributed by atoms with Crippen molar-refractivity contribution in [3.63, 3.8) is 0 Å². The van der Waals surface area contributed by atoms with E-state index in [4.69, 9.17) is 4.74 Å². The van der Waals surface area contributed by atoms with Gasteiger partial charge in [0.2, 0.25) is 11.8 Å². The predicted octanol–water partition coefficient (Wildman–Crippen LogP) is 1.99. The lowest BCUT2D eigenvalue weighted by Gasteiger charge is -2.36. The fourth-order valence-corrected chi connectivity index (χ4v) is 3.57. The lowest BCUT2D eigenvalue weighted by molar-refractivity contribution is -0.307. The highest BCUT2D eigenvalue weighted by molar-refractivity contribution is 5.90. The minimum Gasteiger partial charge on any atom is -0.411 e. The lowest BCUT2D eigenvalue weighted by Crippen LogP contribution is -2.47. The maximum absolute atomic E-state index is 12.9. The molecule has 0 aromatic heterocycles. The van der Waals surface area contributed by atoms with Gasteiger partial charge in [-0.05, 0) is 32.0 Å². The molecular weight excluding hydrogens is 391 g/mol. The zero-order chi connectivity index (χ0) is 21.0. The first-order chi connectivity index (χ1) is 13.7. The molecule has 3 N–H and O–H groups in total. The van der Waals surface area contributed by atoms with Crippen LogP contribution in [-0.4, -0.2) is 43.0 Å². The summed E-state index contributed by atoms with van der Waals surface area (Å²) >= 11 is 0. The summed E-state index contributed by atoms with van der Waals surface area (Å²) in [5, 5.41) is 8.40. The number of carbonyl (C=O) groups excluding carboxylic acids is 2. The molecule has 2 aliphatic heterocycles. The van der Waals surface area contributed by atoms with Crippen molar-refractivity contribution in [3.05, 3.63) is 35.9 Å². The Labute approximate surface area is 166 Å². The van der Waals surface area contributed by atoms with Gasteiger partial charge in [-0.1, -0.05) is 6.08 Å². The van der Waals surface area contributed by atoms with Crippen LogP contribution in [0.4, 0.5) is 13.2 Å². The standard InChI is InChI=1S/C19H24F3N3O4/c1-11-15(3-2-7-23-11)28-16-5-4-13(29-19(20,21)22)10-14(16)18(27)25-12-6-8-24-17(26)9-12/h2,4,7,9,11,14-16,23H,3,5-6,8,10H2,1H3,(H,24,26)(H,25,27). The molecule has 3 aliphatic rings. The van der Waals surface area contributed by atoms with Crippen molar-refractivity contribution in [2.45, 2.75) is 57.2 Å². The van der Waals surface area contributed by atoms with E-state index in [2.05, 4.69) is 20.7 Å². The van der Waals surface area contributed by atoms with E-state index < -0.39 is 24.3 Å². The summed E-state index contributed by atoms with van der Waals surface area (Å²) in [5.41, 5.74) is 0.431. The Morgan fingerprint density at radius 2 is 2.07 bits per heavy atom. The number of hydrogen-bond donors (Lipinski definition) is 3. The monoisotopic (exact) mass is 415 g/mol. The van der Waals surface area contributed by atoms with Gasteiger partial charge in [0.1, 0.15) is 5.76 Å². The fourth-order valence-electron chi connectivity index (χ4n) is 3.57. The fraction of sp³-hybridized carbons (Fsp3) is 0.579. The molecule has 0 bridgehead atoms. The van der Waals surface area contributed by atoms with Crippen molar-refractivity contribution in [1.29, 1.82) is 0 Å². The van der Waals surface area contributed by atoms with E-state index in [1.54, 1.807) is 0 Å². The first-order valence-electron chi connectivity index (χ1n) is 9.52. The van der Waals surface area contributed by atoms with E-state index in [9.17, 15) is 22.8 Å². The molecule has 3 rings (SSSR count). The van der Waals surface area contributed by atoms with Gasteiger partial charge in [-0.2, -0.15) is 0 Å². The van der Waals surface area contributed by atoms with Crippen LogP contribution in [0.5, 0.6) is 0 Å². The van der Waals surface area contributed by atoms with E-state index in [-0.39, 0.29) is 36.7 Å². The van der Waals surface area contributed by atoms with Crippen LogP contribution in [0.15, 0.2) is 35.9 Å². The normalized spacial score (nSPS) is 29.9. The van der Waals surface area contributed by atoms with E-state index in [1.807, 2.05) is 19.2 Å². The smallest absolute Gasteiger partial charge is 0.411 e. The first-order valence-corrected chi connectivity index (χ1v) is 9.52. The Kier molecular flexibility index (Phi) is 6.51. The second-order valence-electron chi connectivity index (χ2n) is 7.27. The number of amides is 2. The number of carbonyl (C=O) groups is 2. The molecule has 0 spiro atoms. The Morgan fingerprint density at radius 3 is 2.76 bits per heavy atom. The Morgan fingerprint density at radius 1 is 1.28 bits per heavy atom. The Hall–Kier alpha value is -2.49. The van der Waals surface area contributed by atoms with E-state index in [1.165, 1.54) is 12.2 Å².